The van der Waals surface area contributed by atoms with Gasteiger partial charge in [0.2, 0.25) is 10.0 Å². The van der Waals surface area contributed by atoms with Crippen molar-refractivity contribution < 1.29 is 13.3 Å². The van der Waals surface area contributed by atoms with Gasteiger partial charge in [0, 0.05) is 11.8 Å². The molecule has 118 valence electrons. The SMILES string of the molecule is CCSCC(C)NS(=O)(=O)c1cccc(NN)c1[N+](=O)[O-]. The Labute approximate surface area is 127 Å². The maximum atomic E-state index is 12.3. The van der Waals surface area contributed by atoms with E-state index in [1.165, 1.54) is 18.2 Å². The molecule has 21 heavy (non-hydrogen) atoms. The molecule has 0 aliphatic heterocycles. The number of benzene rings is 1. The summed E-state index contributed by atoms with van der Waals surface area (Å²) >= 11 is 1.58. The Morgan fingerprint density at radius 3 is 2.67 bits per heavy atom. The lowest BCUT2D eigenvalue weighted by molar-refractivity contribution is -0.386. The van der Waals surface area contributed by atoms with Crippen molar-refractivity contribution in [2.45, 2.75) is 24.8 Å². The van der Waals surface area contributed by atoms with Crippen LogP contribution in [0.2, 0.25) is 0 Å². The van der Waals surface area contributed by atoms with Crippen LogP contribution in [0.15, 0.2) is 23.1 Å². The van der Waals surface area contributed by atoms with E-state index in [9.17, 15) is 18.5 Å². The monoisotopic (exact) mass is 334 g/mol. The number of nitrogen functional groups attached to an aromatic ring is 1. The van der Waals surface area contributed by atoms with Gasteiger partial charge in [-0.15, -0.1) is 0 Å². The van der Waals surface area contributed by atoms with Gasteiger partial charge in [0.25, 0.3) is 0 Å². The summed E-state index contributed by atoms with van der Waals surface area (Å²) in [6.07, 6.45) is 0. The van der Waals surface area contributed by atoms with Crippen molar-refractivity contribution in [1.82, 2.24) is 4.72 Å². The molecule has 1 atom stereocenters. The first-order chi connectivity index (χ1) is 9.83. The molecule has 0 heterocycles. The van der Waals surface area contributed by atoms with Gasteiger partial charge in [-0.2, -0.15) is 11.8 Å². The summed E-state index contributed by atoms with van der Waals surface area (Å²) in [4.78, 5) is 9.94. The second-order valence-electron chi connectivity index (χ2n) is 4.24. The van der Waals surface area contributed by atoms with Crippen molar-refractivity contribution >= 4 is 33.2 Å². The number of nitrogens with one attached hydrogen (secondary N) is 2. The fraction of sp³-hybridized carbons (Fsp3) is 0.455. The average molecular weight is 334 g/mol. The molecule has 1 aromatic rings. The van der Waals surface area contributed by atoms with Gasteiger partial charge < -0.3 is 5.43 Å². The Morgan fingerprint density at radius 2 is 2.14 bits per heavy atom. The molecule has 4 N–H and O–H groups in total. The summed E-state index contributed by atoms with van der Waals surface area (Å²) in [5.74, 6) is 6.64. The zero-order valence-electron chi connectivity index (χ0n) is 11.7. The Bertz CT molecular complexity index is 606. The number of hydrogen-bond acceptors (Lipinski definition) is 7. The third kappa shape index (κ3) is 4.56. The fourth-order valence-corrected chi connectivity index (χ4v) is 3.92. The van der Waals surface area contributed by atoms with E-state index in [2.05, 4.69) is 10.1 Å². The van der Waals surface area contributed by atoms with Crippen molar-refractivity contribution in [1.29, 1.82) is 0 Å². The van der Waals surface area contributed by atoms with Gasteiger partial charge in [0.1, 0.15) is 5.69 Å². The molecule has 0 radical (unpaired) electrons. The number of nitrogens with zero attached hydrogens (tertiary/aromatic N) is 1. The van der Waals surface area contributed by atoms with Gasteiger partial charge in [-0.05, 0) is 24.8 Å². The lowest BCUT2D eigenvalue weighted by Gasteiger charge is -2.14. The number of para-hydroxylation sites is 1. The number of nitro groups is 1. The number of anilines is 1. The zero-order valence-corrected chi connectivity index (χ0v) is 13.3. The number of hydrazine groups is 1. The maximum absolute atomic E-state index is 12.3. The van der Waals surface area contributed by atoms with Crippen LogP contribution in [-0.2, 0) is 10.0 Å². The van der Waals surface area contributed by atoms with Gasteiger partial charge in [-0.25, -0.2) is 13.1 Å². The highest BCUT2D eigenvalue weighted by Gasteiger charge is 2.29. The van der Waals surface area contributed by atoms with E-state index < -0.39 is 25.5 Å². The molecule has 0 saturated carbocycles. The number of hydrogen-bond donors (Lipinski definition) is 3. The molecule has 8 nitrogen and oxygen atoms in total. The normalized spacial score (nSPS) is 12.9. The summed E-state index contributed by atoms with van der Waals surface area (Å²) in [6.45, 7) is 3.67. The largest absolute Gasteiger partial charge is 0.318 e. The van der Waals surface area contributed by atoms with Crippen LogP contribution in [0.1, 0.15) is 13.8 Å². The molecule has 1 rings (SSSR count). The van der Waals surface area contributed by atoms with Crippen molar-refractivity contribution in [3.05, 3.63) is 28.3 Å². The molecule has 1 unspecified atom stereocenters. The highest BCUT2D eigenvalue weighted by molar-refractivity contribution is 7.99. The predicted octanol–water partition coefficient (Wildman–Crippen LogP) is 1.30. The first kappa shape index (κ1) is 17.7. The van der Waals surface area contributed by atoms with E-state index in [-0.39, 0.29) is 11.7 Å². The summed E-state index contributed by atoms with van der Waals surface area (Å²) in [5, 5.41) is 11.1. The zero-order chi connectivity index (χ0) is 16.0. The van der Waals surface area contributed by atoms with Crippen LogP contribution in [0, 0.1) is 10.1 Å². The van der Waals surface area contributed by atoms with Crippen LogP contribution in [0.4, 0.5) is 11.4 Å². The van der Waals surface area contributed by atoms with Gasteiger partial charge >= 0.3 is 5.69 Å². The summed E-state index contributed by atoms with van der Waals surface area (Å²) in [6, 6.07) is 3.57. The Hall–Kier alpha value is -1.36. The summed E-state index contributed by atoms with van der Waals surface area (Å²) in [7, 11) is -4.00. The van der Waals surface area contributed by atoms with Crippen LogP contribution < -0.4 is 16.0 Å². The highest BCUT2D eigenvalue weighted by atomic mass is 32.2. The van der Waals surface area contributed by atoms with Gasteiger partial charge in [-0.3, -0.25) is 16.0 Å². The molecule has 0 aliphatic rings. The lowest BCUT2D eigenvalue weighted by atomic mass is 10.3. The lowest BCUT2D eigenvalue weighted by Crippen LogP contribution is -2.34. The van der Waals surface area contributed by atoms with Gasteiger partial charge in [0.05, 0.1) is 4.92 Å². The molecule has 0 amide bonds. The van der Waals surface area contributed by atoms with E-state index in [4.69, 9.17) is 5.84 Å². The van der Waals surface area contributed by atoms with Crippen molar-refractivity contribution in [3.63, 3.8) is 0 Å². The highest BCUT2D eigenvalue weighted by Crippen LogP contribution is 2.31. The first-order valence-corrected chi connectivity index (χ1v) is 8.81. The van der Waals surface area contributed by atoms with Crippen LogP contribution in [0.25, 0.3) is 0 Å². The number of nitrogens with two attached hydrogens (primary N) is 1. The molecular formula is C11H18N4O4S2. The number of thioether (sulfide) groups is 1. The van der Waals surface area contributed by atoms with Crippen LogP contribution >= 0.6 is 11.8 Å². The van der Waals surface area contributed by atoms with E-state index in [0.29, 0.717) is 5.75 Å². The molecule has 0 aliphatic carbocycles. The number of sulfonamides is 1. The minimum Gasteiger partial charge on any atom is -0.318 e. The Balaban J connectivity index is 3.17. The van der Waals surface area contributed by atoms with Crippen LogP contribution in [0.5, 0.6) is 0 Å². The second-order valence-corrected chi connectivity index (χ2v) is 7.24. The Kier molecular flexibility index (Phi) is 6.40. The summed E-state index contributed by atoms with van der Waals surface area (Å²) in [5.41, 5.74) is 1.52. The molecule has 0 aromatic heterocycles. The molecule has 0 spiro atoms. The predicted molar refractivity (Wildman–Crippen MR) is 83.7 cm³/mol. The van der Waals surface area contributed by atoms with Crippen molar-refractivity contribution in [2.75, 3.05) is 16.9 Å². The van der Waals surface area contributed by atoms with Gasteiger partial charge in [0.15, 0.2) is 4.90 Å². The van der Waals surface area contributed by atoms with Gasteiger partial charge in [-0.1, -0.05) is 13.0 Å². The molecule has 1 aromatic carbocycles. The maximum Gasteiger partial charge on any atom is 0.313 e. The molecule has 10 heteroatoms. The molecule has 0 saturated heterocycles. The van der Waals surface area contributed by atoms with E-state index in [1.54, 1.807) is 18.7 Å². The van der Waals surface area contributed by atoms with E-state index in [0.717, 1.165) is 5.75 Å². The topological polar surface area (TPSA) is 127 Å². The van der Waals surface area contributed by atoms with E-state index in [1.807, 2.05) is 6.92 Å². The third-order valence-electron chi connectivity index (χ3n) is 2.55. The first-order valence-electron chi connectivity index (χ1n) is 6.17. The van der Waals surface area contributed by atoms with Crippen LogP contribution in [0.3, 0.4) is 0 Å². The Morgan fingerprint density at radius 1 is 1.48 bits per heavy atom. The van der Waals surface area contributed by atoms with Crippen molar-refractivity contribution in [2.24, 2.45) is 5.84 Å². The van der Waals surface area contributed by atoms with E-state index >= 15 is 0 Å². The average Bonchev–Trinajstić information content (AvgIpc) is 2.43. The molecule has 0 bridgehead atoms. The minimum absolute atomic E-state index is 0.0570. The number of rotatable bonds is 8. The number of nitro benzene ring substituents is 1. The smallest absolute Gasteiger partial charge is 0.313 e. The fourth-order valence-electron chi connectivity index (χ4n) is 1.70. The second kappa shape index (κ2) is 7.59. The molecular weight excluding hydrogens is 316 g/mol. The van der Waals surface area contributed by atoms with Crippen LogP contribution in [-0.4, -0.2) is 30.9 Å². The minimum atomic E-state index is -4.00. The standard InChI is InChI=1S/C11H18N4O4S2/c1-3-20-7-8(2)14-21(18,19)10-6-4-5-9(13-12)11(10)15(16)17/h4-6,8,13-14H,3,7,12H2,1-2H3. The van der Waals surface area contributed by atoms with Crippen molar-refractivity contribution in [3.8, 4) is 0 Å². The molecule has 0 fully saturated rings. The summed E-state index contributed by atoms with van der Waals surface area (Å²) < 4.78 is 27.0. The quantitative estimate of drug-likeness (QED) is 0.371. The third-order valence-corrected chi connectivity index (χ3v) is 5.32.